The highest BCUT2D eigenvalue weighted by atomic mass is 16.5. The van der Waals surface area contributed by atoms with Gasteiger partial charge in [-0.05, 0) is 56.9 Å². The average molecular weight is 266 g/mol. The molecule has 0 atom stereocenters. The fraction of sp³-hybridized carbons (Fsp3) is 0.933. The van der Waals surface area contributed by atoms with Crippen molar-refractivity contribution in [2.75, 3.05) is 32.8 Å². The van der Waals surface area contributed by atoms with E-state index in [0.29, 0.717) is 6.04 Å². The first-order chi connectivity index (χ1) is 9.31. The summed E-state index contributed by atoms with van der Waals surface area (Å²) in [4.78, 5) is 13.9. The maximum Gasteiger partial charge on any atom is 0.248 e. The first-order valence-electron chi connectivity index (χ1n) is 7.90. The molecule has 0 unspecified atom stereocenters. The van der Waals surface area contributed by atoms with Gasteiger partial charge >= 0.3 is 0 Å². The number of amides is 1. The molecule has 0 spiro atoms. The predicted octanol–water partition coefficient (Wildman–Crippen LogP) is 1.40. The maximum atomic E-state index is 12.0. The highest BCUT2D eigenvalue weighted by Gasteiger charge is 2.26. The highest BCUT2D eigenvalue weighted by molar-refractivity contribution is 5.77. The lowest BCUT2D eigenvalue weighted by Crippen LogP contribution is -2.46. The Morgan fingerprint density at radius 3 is 2.37 bits per heavy atom. The van der Waals surface area contributed by atoms with E-state index >= 15 is 0 Å². The molecule has 4 nitrogen and oxygen atoms in total. The largest absolute Gasteiger partial charge is 0.371 e. The number of piperidine rings is 1. The minimum absolute atomic E-state index is 0.182. The van der Waals surface area contributed by atoms with Crippen LogP contribution in [0.25, 0.3) is 0 Å². The van der Waals surface area contributed by atoms with Gasteiger partial charge in [-0.1, -0.05) is 0 Å². The third kappa shape index (κ3) is 4.46. The Morgan fingerprint density at radius 2 is 1.74 bits per heavy atom. The molecule has 19 heavy (non-hydrogen) atoms. The van der Waals surface area contributed by atoms with Gasteiger partial charge in [0.25, 0.3) is 0 Å². The molecule has 1 heterocycles. The number of carbonyl (C=O) groups is 1. The molecule has 3 fully saturated rings. The Bertz CT molecular complexity index is 305. The van der Waals surface area contributed by atoms with Crippen LogP contribution < -0.4 is 5.32 Å². The summed E-state index contributed by atoms with van der Waals surface area (Å²) in [7, 11) is 0. The summed E-state index contributed by atoms with van der Waals surface area (Å²) >= 11 is 0. The fourth-order valence-electron chi connectivity index (χ4n) is 2.68. The van der Waals surface area contributed by atoms with Gasteiger partial charge in [0.2, 0.25) is 5.91 Å². The molecule has 2 aliphatic carbocycles. The van der Waals surface area contributed by atoms with Crippen LogP contribution in [-0.4, -0.2) is 49.7 Å². The molecular formula is C15H26N2O2. The van der Waals surface area contributed by atoms with E-state index in [1.165, 1.54) is 32.2 Å². The van der Waals surface area contributed by atoms with E-state index in [1.807, 2.05) is 4.90 Å². The molecule has 0 bridgehead atoms. The third-order valence-electron chi connectivity index (χ3n) is 4.52. The summed E-state index contributed by atoms with van der Waals surface area (Å²) in [5.41, 5.74) is 0. The summed E-state index contributed by atoms with van der Waals surface area (Å²) in [6.07, 6.45) is 7.58. The molecule has 0 aromatic rings. The van der Waals surface area contributed by atoms with E-state index in [-0.39, 0.29) is 12.5 Å². The van der Waals surface area contributed by atoms with E-state index < -0.39 is 0 Å². The highest BCUT2D eigenvalue weighted by Crippen LogP contribution is 2.29. The first-order valence-corrected chi connectivity index (χ1v) is 7.90. The molecule has 1 amide bonds. The third-order valence-corrected chi connectivity index (χ3v) is 4.52. The number of nitrogens with one attached hydrogen (secondary N) is 1. The lowest BCUT2D eigenvalue weighted by Gasteiger charge is -2.32. The smallest absolute Gasteiger partial charge is 0.248 e. The van der Waals surface area contributed by atoms with Gasteiger partial charge in [-0.25, -0.2) is 0 Å². The van der Waals surface area contributed by atoms with Crippen molar-refractivity contribution >= 4 is 5.91 Å². The molecular weight excluding hydrogens is 240 g/mol. The summed E-state index contributed by atoms with van der Waals surface area (Å²) in [6.45, 7) is 4.05. The van der Waals surface area contributed by atoms with Crippen molar-refractivity contribution in [1.29, 1.82) is 0 Å². The van der Waals surface area contributed by atoms with Crippen molar-refractivity contribution in [3.63, 3.8) is 0 Å². The number of nitrogens with zero attached hydrogens (tertiary/aromatic N) is 1. The number of hydrogen-bond acceptors (Lipinski definition) is 3. The molecule has 0 radical (unpaired) electrons. The van der Waals surface area contributed by atoms with Crippen LogP contribution >= 0.6 is 0 Å². The Labute approximate surface area is 115 Å². The lowest BCUT2D eigenvalue weighted by atomic mass is 10.0. The summed E-state index contributed by atoms with van der Waals surface area (Å²) < 4.78 is 5.48. The van der Waals surface area contributed by atoms with Crippen LogP contribution in [0.2, 0.25) is 0 Å². The topological polar surface area (TPSA) is 41.6 Å². The minimum atomic E-state index is 0.182. The van der Waals surface area contributed by atoms with E-state index in [9.17, 15) is 4.79 Å². The average Bonchev–Trinajstić information content (AvgIpc) is 3.31. The number of hydrogen-bond donors (Lipinski definition) is 1. The molecule has 1 N–H and O–H groups in total. The standard InChI is InChI=1S/C15H26N2O2/c18-15(11-19-10-13-3-4-13)17-7-5-14(6-8-17)16-9-12-1-2-12/h12-14,16H,1-11H2. The second kappa shape index (κ2) is 6.23. The molecule has 108 valence electrons. The molecule has 1 saturated heterocycles. The maximum absolute atomic E-state index is 12.0. The van der Waals surface area contributed by atoms with Crippen LogP contribution in [0.4, 0.5) is 0 Å². The van der Waals surface area contributed by atoms with Gasteiger partial charge in [-0.2, -0.15) is 0 Å². The van der Waals surface area contributed by atoms with E-state index in [0.717, 1.165) is 44.4 Å². The minimum Gasteiger partial charge on any atom is -0.371 e. The van der Waals surface area contributed by atoms with Crippen LogP contribution in [0.15, 0.2) is 0 Å². The first kappa shape index (κ1) is 13.4. The fourth-order valence-corrected chi connectivity index (χ4v) is 2.68. The van der Waals surface area contributed by atoms with Crippen LogP contribution in [0.3, 0.4) is 0 Å². The second-order valence-electron chi connectivity index (χ2n) is 6.47. The monoisotopic (exact) mass is 266 g/mol. The Morgan fingerprint density at radius 1 is 1.05 bits per heavy atom. The summed E-state index contributed by atoms with van der Waals surface area (Å²) in [5.74, 6) is 1.86. The van der Waals surface area contributed by atoms with Crippen LogP contribution in [0.1, 0.15) is 38.5 Å². The van der Waals surface area contributed by atoms with E-state index in [4.69, 9.17) is 4.74 Å². The Hall–Kier alpha value is -0.610. The van der Waals surface area contributed by atoms with E-state index in [1.54, 1.807) is 0 Å². The van der Waals surface area contributed by atoms with Gasteiger partial charge in [0.05, 0.1) is 6.61 Å². The molecule has 4 heteroatoms. The number of carbonyl (C=O) groups excluding carboxylic acids is 1. The van der Waals surface area contributed by atoms with Crippen molar-refractivity contribution in [1.82, 2.24) is 10.2 Å². The van der Waals surface area contributed by atoms with Crippen molar-refractivity contribution in [2.45, 2.75) is 44.6 Å². The van der Waals surface area contributed by atoms with Gasteiger partial charge in [0.15, 0.2) is 0 Å². The summed E-state index contributed by atoms with van der Waals surface area (Å²) in [5, 5.41) is 3.64. The van der Waals surface area contributed by atoms with E-state index in [2.05, 4.69) is 5.32 Å². The normalized spacial score (nSPS) is 24.7. The van der Waals surface area contributed by atoms with Crippen LogP contribution in [0, 0.1) is 11.8 Å². The zero-order valence-electron chi connectivity index (χ0n) is 11.8. The second-order valence-corrected chi connectivity index (χ2v) is 6.47. The van der Waals surface area contributed by atoms with Gasteiger partial charge < -0.3 is 15.0 Å². The molecule has 0 aromatic heterocycles. The van der Waals surface area contributed by atoms with Crippen molar-refractivity contribution in [3.05, 3.63) is 0 Å². The SMILES string of the molecule is O=C(COCC1CC1)N1CCC(NCC2CC2)CC1. The van der Waals surface area contributed by atoms with Gasteiger partial charge in [-0.3, -0.25) is 4.79 Å². The zero-order chi connectivity index (χ0) is 13.1. The number of rotatable bonds is 7. The molecule has 2 saturated carbocycles. The molecule has 0 aromatic carbocycles. The van der Waals surface area contributed by atoms with Gasteiger partial charge in [-0.15, -0.1) is 0 Å². The number of likely N-dealkylation sites (tertiary alicyclic amines) is 1. The van der Waals surface area contributed by atoms with Gasteiger partial charge in [0.1, 0.15) is 6.61 Å². The summed E-state index contributed by atoms with van der Waals surface area (Å²) in [6, 6.07) is 0.622. The van der Waals surface area contributed by atoms with Crippen molar-refractivity contribution < 1.29 is 9.53 Å². The van der Waals surface area contributed by atoms with Crippen molar-refractivity contribution in [3.8, 4) is 0 Å². The Balaban J connectivity index is 1.28. The quantitative estimate of drug-likeness (QED) is 0.757. The molecule has 1 aliphatic heterocycles. The van der Waals surface area contributed by atoms with Crippen molar-refractivity contribution in [2.24, 2.45) is 11.8 Å². The lowest BCUT2D eigenvalue weighted by molar-refractivity contribution is -0.137. The Kier molecular flexibility index (Phi) is 4.38. The molecule has 3 aliphatic rings. The van der Waals surface area contributed by atoms with Crippen LogP contribution in [-0.2, 0) is 9.53 Å². The molecule has 3 rings (SSSR count). The number of ether oxygens (including phenoxy) is 1. The van der Waals surface area contributed by atoms with Crippen LogP contribution in [0.5, 0.6) is 0 Å². The zero-order valence-corrected chi connectivity index (χ0v) is 11.8. The van der Waals surface area contributed by atoms with Gasteiger partial charge in [0, 0.05) is 19.1 Å². The predicted molar refractivity (Wildman–Crippen MR) is 73.9 cm³/mol.